The normalized spacial score (nSPS) is 13.4. The standard InChI is InChI=1S/C11H11NO.C6H6IN/c1-2-4-10-8(3-1)9-5-6-12-7-11(9)13-10;1-5-2-3-8-4-6(5)7/h1-4,12H,5-7H2;2-4H,1H3. The molecule has 0 radical (unpaired) electrons. The van der Waals surface area contributed by atoms with Gasteiger partial charge in [-0.05, 0) is 60.2 Å². The Bertz CT molecular complexity index is 730. The van der Waals surface area contributed by atoms with E-state index >= 15 is 0 Å². The van der Waals surface area contributed by atoms with Crippen molar-refractivity contribution in [3.63, 3.8) is 0 Å². The van der Waals surface area contributed by atoms with E-state index in [1.165, 1.54) is 20.1 Å². The Morgan fingerprint density at radius 3 is 2.86 bits per heavy atom. The summed E-state index contributed by atoms with van der Waals surface area (Å²) < 4.78 is 6.95. The lowest BCUT2D eigenvalue weighted by Crippen LogP contribution is -2.22. The van der Waals surface area contributed by atoms with Crippen molar-refractivity contribution in [1.29, 1.82) is 0 Å². The molecule has 0 fully saturated rings. The summed E-state index contributed by atoms with van der Waals surface area (Å²) in [6, 6.07) is 10.3. The Morgan fingerprint density at radius 1 is 1.24 bits per heavy atom. The van der Waals surface area contributed by atoms with Crippen LogP contribution in [0.4, 0.5) is 0 Å². The van der Waals surface area contributed by atoms with Crippen molar-refractivity contribution >= 4 is 33.6 Å². The molecule has 4 heteroatoms. The minimum Gasteiger partial charge on any atom is -0.459 e. The molecule has 3 heterocycles. The van der Waals surface area contributed by atoms with Gasteiger partial charge in [-0.1, -0.05) is 18.2 Å². The van der Waals surface area contributed by atoms with Crippen LogP contribution in [0.15, 0.2) is 47.1 Å². The highest BCUT2D eigenvalue weighted by atomic mass is 127. The quantitative estimate of drug-likeness (QED) is 0.586. The van der Waals surface area contributed by atoms with Crippen molar-refractivity contribution < 1.29 is 4.42 Å². The number of para-hydroxylation sites is 1. The number of benzene rings is 1. The molecule has 3 aromatic rings. The van der Waals surface area contributed by atoms with Gasteiger partial charge in [0.15, 0.2) is 0 Å². The summed E-state index contributed by atoms with van der Waals surface area (Å²) in [5.41, 5.74) is 3.71. The highest BCUT2D eigenvalue weighted by Crippen LogP contribution is 2.27. The Labute approximate surface area is 137 Å². The summed E-state index contributed by atoms with van der Waals surface area (Å²) in [6.07, 6.45) is 4.75. The lowest BCUT2D eigenvalue weighted by atomic mass is 10.1. The minimum atomic E-state index is 0.879. The zero-order valence-electron chi connectivity index (χ0n) is 11.9. The predicted molar refractivity (Wildman–Crippen MR) is 93.3 cm³/mol. The molecule has 1 aliphatic rings. The zero-order chi connectivity index (χ0) is 14.7. The van der Waals surface area contributed by atoms with E-state index in [1.807, 2.05) is 24.4 Å². The molecule has 108 valence electrons. The number of nitrogens with zero attached hydrogens (tertiary/aromatic N) is 1. The Balaban J connectivity index is 0.000000143. The highest BCUT2D eigenvalue weighted by molar-refractivity contribution is 14.1. The monoisotopic (exact) mass is 392 g/mol. The largest absolute Gasteiger partial charge is 0.459 e. The molecule has 0 bridgehead atoms. The third-order valence-corrected chi connectivity index (χ3v) is 4.72. The van der Waals surface area contributed by atoms with Gasteiger partial charge in [-0.2, -0.15) is 0 Å². The Kier molecular flexibility index (Phi) is 4.55. The maximum absolute atomic E-state index is 5.73. The molecule has 0 saturated heterocycles. The zero-order valence-corrected chi connectivity index (χ0v) is 14.1. The number of pyridine rings is 1. The number of hydrogen-bond acceptors (Lipinski definition) is 3. The van der Waals surface area contributed by atoms with Gasteiger partial charge in [-0.25, -0.2) is 0 Å². The number of furan rings is 1. The van der Waals surface area contributed by atoms with Gasteiger partial charge in [-0.15, -0.1) is 0 Å². The van der Waals surface area contributed by atoms with Crippen LogP contribution in [0.5, 0.6) is 0 Å². The van der Waals surface area contributed by atoms with Crippen LogP contribution in [0.1, 0.15) is 16.9 Å². The van der Waals surface area contributed by atoms with Gasteiger partial charge in [0.2, 0.25) is 0 Å². The summed E-state index contributed by atoms with van der Waals surface area (Å²) in [5, 5.41) is 4.60. The van der Waals surface area contributed by atoms with Gasteiger partial charge in [0.05, 0.1) is 6.54 Å². The van der Waals surface area contributed by atoms with E-state index in [4.69, 9.17) is 4.42 Å². The van der Waals surface area contributed by atoms with E-state index in [-0.39, 0.29) is 0 Å². The molecule has 0 spiro atoms. The van der Waals surface area contributed by atoms with E-state index in [9.17, 15) is 0 Å². The molecular weight excluding hydrogens is 375 g/mol. The molecule has 21 heavy (non-hydrogen) atoms. The summed E-state index contributed by atoms with van der Waals surface area (Å²) in [7, 11) is 0. The minimum absolute atomic E-state index is 0.879. The molecule has 0 saturated carbocycles. The number of fused-ring (bicyclic) bond motifs is 3. The molecule has 1 aromatic carbocycles. The van der Waals surface area contributed by atoms with E-state index in [1.54, 1.807) is 6.20 Å². The fraction of sp³-hybridized carbons (Fsp3) is 0.235. The Morgan fingerprint density at radius 2 is 2.10 bits per heavy atom. The average Bonchev–Trinajstić information content (AvgIpc) is 2.90. The first-order valence-corrected chi connectivity index (χ1v) is 8.09. The van der Waals surface area contributed by atoms with Crippen molar-refractivity contribution in [2.24, 2.45) is 0 Å². The predicted octanol–water partition coefficient (Wildman–Crippen LogP) is 4.07. The van der Waals surface area contributed by atoms with Crippen LogP contribution in [0.25, 0.3) is 11.0 Å². The smallest absolute Gasteiger partial charge is 0.134 e. The molecule has 0 amide bonds. The van der Waals surface area contributed by atoms with Crippen LogP contribution < -0.4 is 5.32 Å². The van der Waals surface area contributed by atoms with E-state index in [0.29, 0.717) is 0 Å². The topological polar surface area (TPSA) is 38.1 Å². The van der Waals surface area contributed by atoms with E-state index in [0.717, 1.165) is 30.9 Å². The van der Waals surface area contributed by atoms with Crippen LogP contribution in [0.3, 0.4) is 0 Å². The van der Waals surface area contributed by atoms with Crippen LogP contribution >= 0.6 is 22.6 Å². The second-order valence-electron chi connectivity index (χ2n) is 5.05. The average molecular weight is 392 g/mol. The highest BCUT2D eigenvalue weighted by Gasteiger charge is 2.16. The van der Waals surface area contributed by atoms with Crippen molar-refractivity contribution in [1.82, 2.24) is 10.3 Å². The van der Waals surface area contributed by atoms with Crippen LogP contribution in [-0.2, 0) is 13.0 Å². The molecule has 1 N–H and O–H groups in total. The number of nitrogens with one attached hydrogen (secondary N) is 1. The molecule has 0 unspecified atom stereocenters. The number of halogens is 1. The van der Waals surface area contributed by atoms with Gasteiger partial charge in [-0.3, -0.25) is 4.98 Å². The lowest BCUT2D eigenvalue weighted by Gasteiger charge is -2.10. The van der Waals surface area contributed by atoms with Gasteiger partial charge in [0.1, 0.15) is 11.3 Å². The maximum Gasteiger partial charge on any atom is 0.134 e. The SMILES string of the molecule is Cc1ccncc1I.c1ccc2c3c(oc2c1)CNCC3. The van der Waals surface area contributed by atoms with Crippen LogP contribution in [0, 0.1) is 10.5 Å². The van der Waals surface area contributed by atoms with Gasteiger partial charge in [0.25, 0.3) is 0 Å². The van der Waals surface area contributed by atoms with E-state index < -0.39 is 0 Å². The summed E-state index contributed by atoms with van der Waals surface area (Å²) in [5.74, 6) is 1.12. The summed E-state index contributed by atoms with van der Waals surface area (Å²) >= 11 is 2.26. The first kappa shape index (κ1) is 14.5. The molecule has 3 nitrogen and oxygen atoms in total. The van der Waals surface area contributed by atoms with Crippen LogP contribution in [-0.4, -0.2) is 11.5 Å². The van der Waals surface area contributed by atoms with Gasteiger partial charge < -0.3 is 9.73 Å². The van der Waals surface area contributed by atoms with Crippen LogP contribution in [0.2, 0.25) is 0 Å². The third kappa shape index (κ3) is 3.27. The lowest BCUT2D eigenvalue weighted by molar-refractivity contribution is 0.488. The molecule has 1 aliphatic heterocycles. The molecule has 2 aromatic heterocycles. The number of rotatable bonds is 0. The first-order chi connectivity index (χ1) is 10.3. The molecule has 4 rings (SSSR count). The number of aryl methyl sites for hydroxylation is 1. The fourth-order valence-electron chi connectivity index (χ4n) is 2.43. The number of aromatic nitrogens is 1. The summed E-state index contributed by atoms with van der Waals surface area (Å²) in [6.45, 7) is 4.02. The van der Waals surface area contributed by atoms with Crippen molar-refractivity contribution in [3.8, 4) is 0 Å². The summed E-state index contributed by atoms with van der Waals surface area (Å²) in [4.78, 5) is 3.94. The van der Waals surface area contributed by atoms with Crippen molar-refractivity contribution in [2.75, 3.05) is 6.54 Å². The maximum atomic E-state index is 5.73. The number of hydrogen-bond donors (Lipinski definition) is 1. The van der Waals surface area contributed by atoms with Gasteiger partial charge >= 0.3 is 0 Å². The third-order valence-electron chi connectivity index (χ3n) is 3.59. The van der Waals surface area contributed by atoms with E-state index in [2.05, 4.69) is 51.9 Å². The second kappa shape index (κ2) is 6.58. The first-order valence-electron chi connectivity index (χ1n) is 7.02. The van der Waals surface area contributed by atoms with Crippen molar-refractivity contribution in [2.45, 2.75) is 19.9 Å². The molecule has 0 aliphatic carbocycles. The Hall–Kier alpha value is -1.40. The molecule has 0 atom stereocenters. The van der Waals surface area contributed by atoms with Gasteiger partial charge in [0, 0.05) is 26.9 Å². The second-order valence-corrected chi connectivity index (χ2v) is 6.21. The fourth-order valence-corrected chi connectivity index (χ4v) is 2.77. The molecular formula is C17H17IN2O. The van der Waals surface area contributed by atoms with Crippen molar-refractivity contribution in [3.05, 3.63) is 63.2 Å².